The van der Waals surface area contributed by atoms with Crippen molar-refractivity contribution in [3.05, 3.63) is 22.5 Å². The molecule has 9 nitrogen and oxygen atoms in total. The Kier molecular flexibility index (Phi) is 6.63. The molecule has 26 heavy (non-hydrogen) atoms. The number of rotatable bonds is 6. The molecule has 2 aromatic rings. The van der Waals surface area contributed by atoms with Gasteiger partial charge in [-0.2, -0.15) is 0 Å². The van der Waals surface area contributed by atoms with Crippen molar-refractivity contribution in [3.63, 3.8) is 0 Å². The van der Waals surface area contributed by atoms with E-state index in [0.29, 0.717) is 11.5 Å². The summed E-state index contributed by atoms with van der Waals surface area (Å²) < 4.78 is 24.4. The lowest BCUT2D eigenvalue weighted by molar-refractivity contribution is -0.0297. The first-order valence-electron chi connectivity index (χ1n) is 8.38. The summed E-state index contributed by atoms with van der Waals surface area (Å²) in [6.07, 6.45) is 2.56. The van der Waals surface area contributed by atoms with E-state index >= 15 is 0 Å². The molecule has 3 heterocycles. The first-order valence-corrected chi connectivity index (χ1v) is 9.51. The third-order valence-corrected chi connectivity index (χ3v) is 4.98. The van der Waals surface area contributed by atoms with Crippen LogP contribution in [0.2, 0.25) is 0 Å². The number of nitrogens with zero attached hydrogens (tertiary/aromatic N) is 3. The molecule has 3 rings (SSSR count). The van der Waals surface area contributed by atoms with Gasteiger partial charge in [0.05, 0.1) is 12.4 Å². The number of hydrogen-bond donors (Lipinski definition) is 2. The minimum atomic E-state index is -2.78. The van der Waals surface area contributed by atoms with E-state index in [4.69, 9.17) is 9.26 Å². The van der Waals surface area contributed by atoms with Gasteiger partial charge in [-0.15, -0.1) is 9.42 Å². The Balaban J connectivity index is 0.00000243. The predicted molar refractivity (Wildman–Crippen MR) is 96.9 cm³/mol. The zero-order valence-electron chi connectivity index (χ0n) is 14.4. The monoisotopic (exact) mass is 385 g/mol. The zero-order chi connectivity index (χ0) is 18.1. The van der Waals surface area contributed by atoms with Crippen molar-refractivity contribution in [2.45, 2.75) is 65.9 Å². The molecule has 0 saturated carbocycles. The van der Waals surface area contributed by atoms with Crippen LogP contribution < -0.4 is 5.56 Å². The van der Waals surface area contributed by atoms with Crippen molar-refractivity contribution in [2.75, 3.05) is 0 Å². The summed E-state index contributed by atoms with van der Waals surface area (Å²) in [5.41, 5.74) is 0.246. The van der Waals surface area contributed by atoms with Gasteiger partial charge in [-0.25, -0.2) is 9.97 Å². The van der Waals surface area contributed by atoms with E-state index in [0.717, 1.165) is 19.3 Å². The molecule has 1 aliphatic heterocycles. The van der Waals surface area contributed by atoms with Crippen LogP contribution in [0.5, 0.6) is 0 Å². The van der Waals surface area contributed by atoms with E-state index in [2.05, 4.69) is 15.0 Å². The second kappa shape index (κ2) is 8.35. The minimum Gasteiger partial charge on any atom is -0.351 e. The fourth-order valence-corrected chi connectivity index (χ4v) is 4.01. The van der Waals surface area contributed by atoms with Gasteiger partial charge in [0.2, 0.25) is 0 Å². The molecule has 2 aromatic heterocycles. The van der Waals surface area contributed by atoms with E-state index < -0.39 is 20.6 Å². The normalized spacial score (nSPS) is 26.1. The molecule has 0 aromatic carbocycles. The van der Waals surface area contributed by atoms with E-state index in [9.17, 15) is 14.3 Å². The molecule has 1 saturated heterocycles. The van der Waals surface area contributed by atoms with E-state index in [-0.39, 0.29) is 30.5 Å². The van der Waals surface area contributed by atoms with Gasteiger partial charge in [0.15, 0.2) is 23.5 Å². The molecular formula is C16H26N4O5P+. The summed E-state index contributed by atoms with van der Waals surface area (Å²) in [6, 6.07) is 0. The number of imidazole rings is 1. The Morgan fingerprint density at radius 2 is 2.19 bits per heavy atom. The molecule has 1 fully saturated rings. The summed E-state index contributed by atoms with van der Waals surface area (Å²) in [6.45, 7) is 5.74. The third kappa shape index (κ3) is 3.71. The van der Waals surface area contributed by atoms with Crippen LogP contribution in [0, 0.1) is 12.8 Å². The molecule has 1 aliphatic rings. The fourth-order valence-electron chi connectivity index (χ4n) is 3.54. The van der Waals surface area contributed by atoms with Crippen molar-refractivity contribution >= 4 is 19.4 Å². The Labute approximate surface area is 152 Å². The van der Waals surface area contributed by atoms with Crippen LogP contribution in [-0.4, -0.2) is 36.6 Å². The molecule has 0 spiro atoms. The SMILES string of the molecule is C.CCCC1[C@@H](CC)O[C@@H](n2cnc3c(=O)[nH]c(C)nc32)[C@H]1O[P+](=O)O. The van der Waals surface area contributed by atoms with Crippen LogP contribution in [0.1, 0.15) is 52.6 Å². The topological polar surface area (TPSA) is 119 Å². The summed E-state index contributed by atoms with van der Waals surface area (Å²) >= 11 is 0. The summed E-state index contributed by atoms with van der Waals surface area (Å²) in [5.74, 6) is 0.437. The maximum Gasteiger partial charge on any atom is 0.695 e. The Morgan fingerprint density at radius 1 is 1.46 bits per heavy atom. The molecule has 10 heteroatoms. The van der Waals surface area contributed by atoms with Gasteiger partial charge >= 0.3 is 8.25 Å². The highest BCUT2D eigenvalue weighted by atomic mass is 31.1. The van der Waals surface area contributed by atoms with E-state index in [1.807, 2.05) is 13.8 Å². The average molecular weight is 385 g/mol. The molecule has 0 aliphatic carbocycles. The highest BCUT2D eigenvalue weighted by Crippen LogP contribution is 2.43. The molecule has 0 radical (unpaired) electrons. The van der Waals surface area contributed by atoms with Gasteiger partial charge < -0.3 is 9.72 Å². The fraction of sp³-hybridized carbons (Fsp3) is 0.688. The number of fused-ring (bicyclic) bond motifs is 1. The van der Waals surface area contributed by atoms with E-state index in [1.165, 1.54) is 6.33 Å². The first kappa shape index (κ1) is 20.6. The van der Waals surface area contributed by atoms with E-state index in [1.54, 1.807) is 11.5 Å². The van der Waals surface area contributed by atoms with Gasteiger partial charge in [0.25, 0.3) is 5.56 Å². The Morgan fingerprint density at radius 3 is 2.81 bits per heavy atom. The van der Waals surface area contributed by atoms with Gasteiger partial charge in [0.1, 0.15) is 5.82 Å². The average Bonchev–Trinajstić information content (AvgIpc) is 3.09. The molecule has 0 amide bonds. The van der Waals surface area contributed by atoms with Crippen molar-refractivity contribution in [1.29, 1.82) is 0 Å². The lowest BCUT2D eigenvalue weighted by Gasteiger charge is -2.18. The number of aryl methyl sites for hydroxylation is 1. The second-order valence-electron chi connectivity index (χ2n) is 6.21. The first-order chi connectivity index (χ1) is 12.0. The largest absolute Gasteiger partial charge is 0.695 e. The highest BCUT2D eigenvalue weighted by molar-refractivity contribution is 7.32. The zero-order valence-corrected chi connectivity index (χ0v) is 15.3. The standard InChI is InChI=1S/C15H21N4O5P.CH4/c1-4-6-9-10(5-2)23-15(12(9)24-25(21)22)19-7-16-11-13(19)17-8(3)18-14(11)20;/h7,9-10,12,15H,4-6H2,1-3H3,(H-,17,18,20,21,22);1H4/p+1/t9?,10-,12+,15-;/m1./s1. The molecule has 0 bridgehead atoms. The maximum absolute atomic E-state index is 12.0. The Hall–Kier alpha value is -1.67. The molecule has 2 unspecified atom stereocenters. The van der Waals surface area contributed by atoms with Crippen molar-refractivity contribution < 1.29 is 18.7 Å². The number of nitrogens with one attached hydrogen (secondary N) is 1. The smallest absolute Gasteiger partial charge is 0.351 e. The lowest BCUT2D eigenvalue weighted by atomic mass is 9.92. The molecule has 5 atom stereocenters. The van der Waals surface area contributed by atoms with Crippen LogP contribution in [0.3, 0.4) is 0 Å². The van der Waals surface area contributed by atoms with Crippen LogP contribution in [0.15, 0.2) is 11.1 Å². The number of ether oxygens (including phenoxy) is 1. The van der Waals surface area contributed by atoms with Crippen molar-refractivity contribution in [2.24, 2.45) is 5.92 Å². The van der Waals surface area contributed by atoms with Gasteiger partial charge in [0, 0.05) is 10.5 Å². The summed E-state index contributed by atoms with van der Waals surface area (Å²) in [4.78, 5) is 32.4. The van der Waals surface area contributed by atoms with Crippen molar-refractivity contribution in [3.8, 4) is 0 Å². The van der Waals surface area contributed by atoms with Crippen LogP contribution >= 0.6 is 8.25 Å². The Bertz CT molecular complexity index is 836. The summed E-state index contributed by atoms with van der Waals surface area (Å²) in [5, 5.41) is 0. The molecule has 2 N–H and O–H groups in total. The quantitative estimate of drug-likeness (QED) is 0.734. The predicted octanol–water partition coefficient (Wildman–Crippen LogP) is 2.82. The molecule has 144 valence electrons. The maximum atomic E-state index is 12.0. The van der Waals surface area contributed by atoms with Crippen LogP contribution in [0.4, 0.5) is 0 Å². The van der Waals surface area contributed by atoms with Gasteiger partial charge in [-0.05, 0) is 19.8 Å². The number of aromatic amines is 1. The van der Waals surface area contributed by atoms with Crippen LogP contribution in [-0.2, 0) is 13.8 Å². The summed E-state index contributed by atoms with van der Waals surface area (Å²) in [7, 11) is -2.78. The number of hydrogen-bond acceptors (Lipinski definition) is 6. The minimum absolute atomic E-state index is 0. The number of H-pyrrole nitrogens is 1. The second-order valence-corrected chi connectivity index (χ2v) is 6.90. The number of aromatic nitrogens is 4. The van der Waals surface area contributed by atoms with Gasteiger partial charge in [-0.1, -0.05) is 27.7 Å². The van der Waals surface area contributed by atoms with Crippen molar-refractivity contribution in [1.82, 2.24) is 19.5 Å². The molecular weight excluding hydrogens is 359 g/mol. The van der Waals surface area contributed by atoms with Gasteiger partial charge in [-0.3, -0.25) is 9.36 Å². The third-order valence-electron chi connectivity index (χ3n) is 4.56. The lowest BCUT2D eigenvalue weighted by Crippen LogP contribution is -2.28. The van der Waals surface area contributed by atoms with Crippen LogP contribution in [0.25, 0.3) is 11.2 Å². The highest BCUT2D eigenvalue weighted by Gasteiger charge is 2.49.